The molecule has 2 fully saturated rings. The second kappa shape index (κ2) is 7.30. The second-order valence-corrected chi connectivity index (χ2v) is 7.97. The molecule has 0 bridgehead atoms. The van der Waals surface area contributed by atoms with Crippen molar-refractivity contribution in [3.05, 3.63) is 33.8 Å². The average Bonchev–Trinajstić information content (AvgIpc) is 2.77. The highest BCUT2D eigenvalue weighted by molar-refractivity contribution is 6.35. The van der Waals surface area contributed by atoms with Gasteiger partial charge in [0.25, 0.3) is 5.91 Å². The molecule has 0 spiro atoms. The molecule has 1 aromatic carbocycles. The molecule has 3 rings (SSSR count). The third-order valence-corrected chi connectivity index (χ3v) is 5.36. The van der Waals surface area contributed by atoms with Gasteiger partial charge in [0, 0.05) is 28.7 Å². The number of hydrogen-bond acceptors (Lipinski definition) is 4. The second-order valence-electron chi connectivity index (χ2n) is 7.13. The fraction of sp³-hybridized carbons (Fsp3) is 0.500. The van der Waals surface area contributed by atoms with E-state index in [4.69, 9.17) is 27.9 Å². The molecule has 2 heterocycles. The van der Waals surface area contributed by atoms with E-state index < -0.39 is 17.5 Å². The molecule has 1 N–H and O–H groups in total. The van der Waals surface area contributed by atoms with E-state index in [-0.39, 0.29) is 29.7 Å². The minimum absolute atomic E-state index is 0.0982. The number of amides is 4. The number of halogens is 2. The summed E-state index contributed by atoms with van der Waals surface area (Å²) < 4.78 is 5.61. The first-order valence-corrected chi connectivity index (χ1v) is 9.40. The van der Waals surface area contributed by atoms with E-state index in [0.717, 1.165) is 4.90 Å². The van der Waals surface area contributed by atoms with Gasteiger partial charge in [-0.05, 0) is 32.9 Å². The maximum absolute atomic E-state index is 13.0. The Hall–Kier alpha value is -1.83. The van der Waals surface area contributed by atoms with E-state index in [0.29, 0.717) is 23.7 Å². The fourth-order valence-corrected chi connectivity index (χ4v) is 4.13. The maximum atomic E-state index is 13.0. The van der Waals surface area contributed by atoms with Crippen LogP contribution in [0.2, 0.25) is 10.0 Å². The predicted molar refractivity (Wildman–Crippen MR) is 101 cm³/mol. The molecule has 0 unspecified atom stereocenters. The molecule has 4 amide bonds. The quantitative estimate of drug-likeness (QED) is 0.771. The van der Waals surface area contributed by atoms with Crippen LogP contribution in [0.5, 0.6) is 0 Å². The van der Waals surface area contributed by atoms with Crippen molar-refractivity contribution < 1.29 is 19.1 Å². The third kappa shape index (κ3) is 3.77. The Labute approximate surface area is 167 Å². The van der Waals surface area contributed by atoms with Crippen molar-refractivity contribution in [3.63, 3.8) is 0 Å². The first-order chi connectivity index (χ1) is 12.6. The lowest BCUT2D eigenvalue weighted by Gasteiger charge is -2.35. The monoisotopic (exact) mass is 413 g/mol. The van der Waals surface area contributed by atoms with E-state index in [2.05, 4.69) is 5.32 Å². The molecule has 27 heavy (non-hydrogen) atoms. The molecular weight excluding hydrogens is 393 g/mol. The molecular formula is C18H21Cl2N3O4. The number of nitrogens with zero attached hydrogens (tertiary/aromatic N) is 2. The van der Waals surface area contributed by atoms with Gasteiger partial charge in [-0.25, -0.2) is 4.79 Å². The lowest BCUT2D eigenvalue weighted by Crippen LogP contribution is -2.52. The summed E-state index contributed by atoms with van der Waals surface area (Å²) in [6, 6.07) is 4.07. The highest BCUT2D eigenvalue weighted by Crippen LogP contribution is 2.35. The first-order valence-electron chi connectivity index (χ1n) is 8.64. The van der Waals surface area contributed by atoms with Crippen molar-refractivity contribution in [1.29, 1.82) is 0 Å². The Balaban J connectivity index is 1.79. The molecule has 146 valence electrons. The van der Waals surface area contributed by atoms with Gasteiger partial charge >= 0.3 is 6.03 Å². The summed E-state index contributed by atoms with van der Waals surface area (Å²) in [7, 11) is 0. The molecule has 2 saturated heterocycles. The molecule has 3 atom stereocenters. The van der Waals surface area contributed by atoms with Crippen LogP contribution < -0.4 is 5.32 Å². The van der Waals surface area contributed by atoms with Gasteiger partial charge in [0.1, 0.15) is 12.1 Å². The van der Waals surface area contributed by atoms with Crippen molar-refractivity contribution in [1.82, 2.24) is 15.1 Å². The van der Waals surface area contributed by atoms with Gasteiger partial charge in [0.15, 0.2) is 0 Å². The first kappa shape index (κ1) is 19.9. The Morgan fingerprint density at radius 1 is 1.26 bits per heavy atom. The van der Waals surface area contributed by atoms with Crippen LogP contribution in [0.4, 0.5) is 4.79 Å². The lowest BCUT2D eigenvalue weighted by atomic mass is 9.92. The summed E-state index contributed by atoms with van der Waals surface area (Å²) in [6.45, 7) is 5.84. The van der Waals surface area contributed by atoms with Crippen molar-refractivity contribution >= 4 is 41.0 Å². The number of nitrogens with one attached hydrogen (secondary N) is 1. The number of carbonyl (C=O) groups is 3. The summed E-state index contributed by atoms with van der Waals surface area (Å²) in [5.41, 5.74) is -0.930. The molecule has 2 aliphatic heterocycles. The SMILES string of the molecule is C[C@@H]1CN(C(=O)CN2C(=O)N[C@](C)(c3ccc(Cl)cc3Cl)C2=O)C[C@H](C)O1. The Morgan fingerprint density at radius 3 is 2.48 bits per heavy atom. The van der Waals surface area contributed by atoms with Crippen LogP contribution in [0.1, 0.15) is 26.3 Å². The molecule has 2 aliphatic rings. The molecule has 0 aliphatic carbocycles. The molecule has 9 heteroatoms. The zero-order valence-electron chi connectivity index (χ0n) is 15.3. The standard InChI is InChI=1S/C18H21Cl2N3O4/c1-10-7-22(8-11(2)27-10)15(24)9-23-16(25)18(3,21-17(23)26)13-5-4-12(19)6-14(13)20/h4-6,10-11H,7-9H2,1-3H3,(H,21,26)/t10-,11+,18-/m1/s1. The summed E-state index contributed by atoms with van der Waals surface area (Å²) in [5, 5.41) is 3.34. The van der Waals surface area contributed by atoms with Crippen molar-refractivity contribution in [3.8, 4) is 0 Å². The van der Waals surface area contributed by atoms with E-state index in [1.165, 1.54) is 6.07 Å². The average molecular weight is 414 g/mol. The highest BCUT2D eigenvalue weighted by Gasteiger charge is 2.50. The summed E-state index contributed by atoms with van der Waals surface area (Å²) >= 11 is 12.1. The van der Waals surface area contributed by atoms with Gasteiger partial charge in [0.05, 0.1) is 12.2 Å². The number of carbonyl (C=O) groups excluding carboxylic acids is 3. The van der Waals surface area contributed by atoms with Gasteiger partial charge in [-0.3, -0.25) is 14.5 Å². The zero-order chi connectivity index (χ0) is 19.9. The summed E-state index contributed by atoms with van der Waals surface area (Å²) in [5.74, 6) is -0.827. The third-order valence-electron chi connectivity index (χ3n) is 4.81. The van der Waals surface area contributed by atoms with Gasteiger partial charge in [-0.15, -0.1) is 0 Å². The summed E-state index contributed by atoms with van der Waals surface area (Å²) in [4.78, 5) is 40.6. The van der Waals surface area contributed by atoms with Crippen LogP contribution in [0.3, 0.4) is 0 Å². The predicted octanol–water partition coefficient (Wildman–Crippen LogP) is 2.40. The van der Waals surface area contributed by atoms with Gasteiger partial charge in [-0.1, -0.05) is 29.3 Å². The van der Waals surface area contributed by atoms with E-state index in [1.54, 1.807) is 24.0 Å². The van der Waals surface area contributed by atoms with Crippen molar-refractivity contribution in [2.75, 3.05) is 19.6 Å². The number of hydrogen-bond donors (Lipinski definition) is 1. The number of rotatable bonds is 3. The molecule has 7 nitrogen and oxygen atoms in total. The smallest absolute Gasteiger partial charge is 0.325 e. The summed E-state index contributed by atoms with van der Waals surface area (Å²) in [6.07, 6.45) is -0.196. The maximum Gasteiger partial charge on any atom is 0.325 e. The Bertz CT molecular complexity index is 793. The molecule has 1 aromatic rings. The van der Waals surface area contributed by atoms with Crippen LogP contribution in [-0.2, 0) is 19.9 Å². The van der Waals surface area contributed by atoms with Crippen LogP contribution in [0.15, 0.2) is 18.2 Å². The van der Waals surface area contributed by atoms with Gasteiger partial charge in [0.2, 0.25) is 5.91 Å². The van der Waals surface area contributed by atoms with Crippen molar-refractivity contribution in [2.45, 2.75) is 38.5 Å². The number of morpholine rings is 1. The number of benzene rings is 1. The zero-order valence-corrected chi connectivity index (χ0v) is 16.8. The Morgan fingerprint density at radius 2 is 1.89 bits per heavy atom. The van der Waals surface area contributed by atoms with Crippen molar-refractivity contribution in [2.24, 2.45) is 0 Å². The Kier molecular flexibility index (Phi) is 5.38. The van der Waals surface area contributed by atoms with Crippen LogP contribution in [0.25, 0.3) is 0 Å². The molecule has 0 aromatic heterocycles. The number of ether oxygens (including phenoxy) is 1. The van der Waals surface area contributed by atoms with E-state index in [9.17, 15) is 14.4 Å². The van der Waals surface area contributed by atoms with Gasteiger partial charge < -0.3 is 15.0 Å². The largest absolute Gasteiger partial charge is 0.372 e. The molecule has 0 saturated carbocycles. The van der Waals surface area contributed by atoms with Crippen LogP contribution in [0, 0.1) is 0 Å². The van der Waals surface area contributed by atoms with Crippen LogP contribution >= 0.6 is 23.2 Å². The highest BCUT2D eigenvalue weighted by atomic mass is 35.5. The normalized spacial score (nSPS) is 28.5. The topological polar surface area (TPSA) is 79.0 Å². The number of urea groups is 1. The fourth-order valence-electron chi connectivity index (χ4n) is 3.53. The van der Waals surface area contributed by atoms with E-state index in [1.807, 2.05) is 13.8 Å². The van der Waals surface area contributed by atoms with Crippen LogP contribution in [-0.4, -0.2) is 59.5 Å². The minimum atomic E-state index is -1.36. The van der Waals surface area contributed by atoms with Gasteiger partial charge in [-0.2, -0.15) is 0 Å². The lowest BCUT2D eigenvalue weighted by molar-refractivity contribution is -0.146. The number of imide groups is 1. The molecule has 0 radical (unpaired) electrons. The van der Waals surface area contributed by atoms with E-state index >= 15 is 0 Å². The minimum Gasteiger partial charge on any atom is -0.372 e.